The molecular weight excluding hydrogens is 368 g/mol. The second-order valence-corrected chi connectivity index (χ2v) is 7.70. The molecule has 1 aliphatic heterocycles. The summed E-state index contributed by atoms with van der Waals surface area (Å²) < 4.78 is 26.8. The van der Waals surface area contributed by atoms with Crippen LogP contribution in [0, 0.1) is 0 Å². The number of anilines is 1. The molecule has 0 aliphatic carbocycles. The first-order chi connectivity index (χ1) is 11.9. The lowest BCUT2D eigenvalue weighted by Crippen LogP contribution is -2.49. The Morgan fingerprint density at radius 3 is 2.32 bits per heavy atom. The first-order valence-corrected chi connectivity index (χ1v) is 9.26. The summed E-state index contributed by atoms with van der Waals surface area (Å²) in [6.45, 7) is 1.39. The Kier molecular flexibility index (Phi) is 4.89. The van der Waals surface area contributed by atoms with Crippen LogP contribution in [-0.2, 0) is 10.0 Å². The number of aromatic nitrogens is 2. The van der Waals surface area contributed by atoms with Crippen molar-refractivity contribution in [2.75, 3.05) is 31.1 Å². The van der Waals surface area contributed by atoms with Crippen molar-refractivity contribution in [1.29, 1.82) is 0 Å². The van der Waals surface area contributed by atoms with Gasteiger partial charge in [0.25, 0.3) is 0 Å². The number of piperazine rings is 1. The van der Waals surface area contributed by atoms with E-state index in [4.69, 9.17) is 16.7 Å². The van der Waals surface area contributed by atoms with Gasteiger partial charge >= 0.3 is 5.97 Å². The maximum absolute atomic E-state index is 12.7. The predicted octanol–water partition coefficient (Wildman–Crippen LogP) is 1.34. The molecule has 1 aliphatic rings. The molecular formula is C15H15ClN4O4S. The number of nitrogens with zero attached hydrogens (tertiary/aromatic N) is 4. The maximum atomic E-state index is 12.7. The molecule has 0 unspecified atom stereocenters. The molecule has 2 heterocycles. The number of hydrogen-bond acceptors (Lipinski definition) is 6. The van der Waals surface area contributed by atoms with Gasteiger partial charge in [-0.2, -0.15) is 4.31 Å². The van der Waals surface area contributed by atoms with Crippen LogP contribution in [0.2, 0.25) is 5.02 Å². The Balaban J connectivity index is 1.71. The molecule has 0 radical (unpaired) electrons. The van der Waals surface area contributed by atoms with Crippen LogP contribution in [0.5, 0.6) is 0 Å². The second kappa shape index (κ2) is 6.95. The number of aromatic carboxylic acids is 1. The summed E-state index contributed by atoms with van der Waals surface area (Å²) in [5.74, 6) is -0.630. The Labute approximate surface area is 149 Å². The number of benzene rings is 1. The summed E-state index contributed by atoms with van der Waals surface area (Å²) >= 11 is 6.01. The van der Waals surface area contributed by atoms with Crippen LogP contribution in [0.4, 0.5) is 5.82 Å². The van der Waals surface area contributed by atoms with Gasteiger partial charge in [0.1, 0.15) is 10.7 Å². The minimum Gasteiger partial charge on any atom is -0.476 e. The van der Waals surface area contributed by atoms with Crippen LogP contribution in [0.1, 0.15) is 10.5 Å². The minimum atomic E-state index is -3.66. The molecule has 0 spiro atoms. The predicted molar refractivity (Wildman–Crippen MR) is 91.4 cm³/mol. The van der Waals surface area contributed by atoms with Crippen LogP contribution in [0.3, 0.4) is 0 Å². The van der Waals surface area contributed by atoms with Crippen molar-refractivity contribution in [2.24, 2.45) is 0 Å². The second-order valence-electron chi connectivity index (χ2n) is 5.39. The average Bonchev–Trinajstić information content (AvgIpc) is 2.62. The highest BCUT2D eigenvalue weighted by molar-refractivity contribution is 7.89. The summed E-state index contributed by atoms with van der Waals surface area (Å²) in [6, 6.07) is 6.35. The van der Waals surface area contributed by atoms with E-state index in [1.54, 1.807) is 18.2 Å². The van der Waals surface area contributed by atoms with E-state index in [1.165, 1.54) is 22.8 Å². The molecule has 2 aromatic rings. The fraction of sp³-hybridized carbons (Fsp3) is 0.267. The summed E-state index contributed by atoms with van der Waals surface area (Å²) in [4.78, 5) is 20.7. The molecule has 1 saturated heterocycles. The van der Waals surface area contributed by atoms with Gasteiger partial charge < -0.3 is 10.0 Å². The third-order valence-electron chi connectivity index (χ3n) is 3.87. The fourth-order valence-electron chi connectivity index (χ4n) is 2.55. The van der Waals surface area contributed by atoms with Gasteiger partial charge in [-0.15, -0.1) is 0 Å². The zero-order chi connectivity index (χ0) is 18.0. The van der Waals surface area contributed by atoms with Crippen LogP contribution < -0.4 is 4.90 Å². The molecule has 0 saturated carbocycles. The van der Waals surface area contributed by atoms with Crippen molar-refractivity contribution in [3.8, 4) is 0 Å². The Morgan fingerprint density at radius 2 is 1.76 bits per heavy atom. The molecule has 25 heavy (non-hydrogen) atoms. The topological polar surface area (TPSA) is 104 Å². The SMILES string of the molecule is O=C(O)c1cnc(N2CCN(S(=O)(=O)c3ccccc3Cl)CC2)cn1. The number of sulfonamides is 1. The van der Waals surface area contributed by atoms with Gasteiger partial charge in [-0.05, 0) is 12.1 Å². The lowest BCUT2D eigenvalue weighted by atomic mass is 10.3. The van der Waals surface area contributed by atoms with Gasteiger partial charge in [-0.1, -0.05) is 23.7 Å². The standard InChI is InChI=1S/C15H15ClN4O4S/c16-11-3-1-2-4-13(11)25(23,24)20-7-5-19(6-8-20)14-10-17-12(9-18-14)15(21)22/h1-4,9-10H,5-8H2,(H,21,22). The number of carbonyl (C=O) groups is 1. The highest BCUT2D eigenvalue weighted by Crippen LogP contribution is 2.25. The smallest absolute Gasteiger partial charge is 0.356 e. The highest BCUT2D eigenvalue weighted by Gasteiger charge is 2.30. The van der Waals surface area contributed by atoms with Gasteiger partial charge in [0, 0.05) is 26.2 Å². The zero-order valence-corrected chi connectivity index (χ0v) is 14.6. The maximum Gasteiger partial charge on any atom is 0.356 e. The average molecular weight is 383 g/mol. The first kappa shape index (κ1) is 17.6. The molecule has 8 nitrogen and oxygen atoms in total. The van der Waals surface area contributed by atoms with Crippen LogP contribution in [-0.4, -0.2) is 59.9 Å². The van der Waals surface area contributed by atoms with E-state index in [0.29, 0.717) is 18.9 Å². The van der Waals surface area contributed by atoms with Crippen molar-refractivity contribution in [3.05, 3.63) is 47.4 Å². The summed E-state index contributed by atoms with van der Waals surface area (Å²) in [5.41, 5.74) is -0.135. The Bertz CT molecular complexity index is 881. The molecule has 10 heteroatoms. The van der Waals surface area contributed by atoms with Crippen LogP contribution in [0.25, 0.3) is 0 Å². The number of carboxylic acid groups (broad SMARTS) is 1. The minimum absolute atomic E-state index is 0.0933. The van der Waals surface area contributed by atoms with E-state index in [2.05, 4.69) is 9.97 Å². The largest absolute Gasteiger partial charge is 0.476 e. The van der Waals surface area contributed by atoms with Crippen LogP contribution >= 0.6 is 11.6 Å². The van der Waals surface area contributed by atoms with Crippen molar-refractivity contribution < 1.29 is 18.3 Å². The number of hydrogen-bond donors (Lipinski definition) is 1. The Morgan fingerprint density at radius 1 is 1.08 bits per heavy atom. The molecule has 0 amide bonds. The molecule has 1 aromatic carbocycles. The first-order valence-electron chi connectivity index (χ1n) is 7.44. The van der Waals surface area contributed by atoms with E-state index < -0.39 is 16.0 Å². The summed E-state index contributed by atoms with van der Waals surface area (Å²) in [6.07, 6.45) is 2.56. The zero-order valence-electron chi connectivity index (χ0n) is 13.0. The van der Waals surface area contributed by atoms with Gasteiger partial charge in [-0.25, -0.2) is 23.2 Å². The van der Waals surface area contributed by atoms with E-state index >= 15 is 0 Å². The summed E-state index contributed by atoms with van der Waals surface area (Å²) in [7, 11) is -3.66. The third kappa shape index (κ3) is 3.58. The molecule has 1 N–H and O–H groups in total. The molecule has 132 valence electrons. The molecule has 1 aromatic heterocycles. The normalized spacial score (nSPS) is 16.0. The van der Waals surface area contributed by atoms with Crippen molar-refractivity contribution in [1.82, 2.24) is 14.3 Å². The monoisotopic (exact) mass is 382 g/mol. The quantitative estimate of drug-likeness (QED) is 0.850. The van der Waals surface area contributed by atoms with Crippen molar-refractivity contribution >= 4 is 33.4 Å². The number of rotatable bonds is 4. The fourth-order valence-corrected chi connectivity index (χ4v) is 4.46. The van der Waals surface area contributed by atoms with Crippen molar-refractivity contribution in [2.45, 2.75) is 4.90 Å². The van der Waals surface area contributed by atoms with Crippen molar-refractivity contribution in [3.63, 3.8) is 0 Å². The molecule has 0 bridgehead atoms. The highest BCUT2D eigenvalue weighted by atomic mass is 35.5. The summed E-state index contributed by atoms with van der Waals surface area (Å²) in [5, 5.41) is 9.04. The van der Waals surface area contributed by atoms with Gasteiger partial charge in [0.15, 0.2) is 5.69 Å². The molecule has 0 atom stereocenters. The lowest BCUT2D eigenvalue weighted by molar-refractivity contribution is 0.0690. The lowest BCUT2D eigenvalue weighted by Gasteiger charge is -2.34. The third-order valence-corrected chi connectivity index (χ3v) is 6.27. The van der Waals surface area contributed by atoms with E-state index in [-0.39, 0.29) is 28.7 Å². The molecule has 1 fully saturated rings. The van der Waals surface area contributed by atoms with Crippen LogP contribution in [0.15, 0.2) is 41.6 Å². The van der Waals surface area contributed by atoms with E-state index in [0.717, 1.165) is 0 Å². The van der Waals surface area contributed by atoms with Gasteiger partial charge in [0.2, 0.25) is 10.0 Å². The Hall–Kier alpha value is -2.23. The van der Waals surface area contributed by atoms with E-state index in [1.807, 2.05) is 4.90 Å². The molecule has 3 rings (SSSR count). The van der Waals surface area contributed by atoms with E-state index in [9.17, 15) is 13.2 Å². The number of halogens is 1. The van der Waals surface area contributed by atoms with Gasteiger partial charge in [0.05, 0.1) is 17.4 Å². The van der Waals surface area contributed by atoms with Gasteiger partial charge in [-0.3, -0.25) is 0 Å². The number of carboxylic acids is 1.